The Labute approximate surface area is 80.9 Å². The van der Waals surface area contributed by atoms with Crippen molar-refractivity contribution >= 4 is 13.9 Å². The predicted molar refractivity (Wildman–Crippen MR) is 48.3 cm³/mol. The van der Waals surface area contributed by atoms with Crippen molar-refractivity contribution < 1.29 is 14.5 Å². The van der Waals surface area contributed by atoms with Crippen molar-refractivity contribution in [1.82, 2.24) is 15.3 Å². The number of rotatable bonds is 4. The van der Waals surface area contributed by atoms with E-state index in [1.54, 1.807) is 0 Å². The van der Waals surface area contributed by atoms with Gasteiger partial charge in [0.15, 0.2) is 0 Å². The van der Waals surface area contributed by atoms with Crippen LogP contribution in [-0.4, -0.2) is 27.1 Å². The molecule has 6 nitrogen and oxygen atoms in total. The third-order valence-corrected chi connectivity index (χ3v) is 1.78. The summed E-state index contributed by atoms with van der Waals surface area (Å²) in [7, 11) is -0.365. The number of carboxylic acids is 1. The maximum atomic E-state index is 10.7. The van der Waals surface area contributed by atoms with Crippen LogP contribution >= 0.6 is 7.92 Å². The molecule has 1 aromatic rings. The molecule has 0 fully saturated rings. The number of carboxylic acid groups (broad SMARTS) is 1. The van der Waals surface area contributed by atoms with Crippen molar-refractivity contribution in [3.63, 3.8) is 0 Å². The Kier molecular flexibility index (Phi) is 4.13. The number of H-pyrrole nitrogens is 1. The molecule has 0 unspecified atom stereocenters. The van der Waals surface area contributed by atoms with Gasteiger partial charge in [-0.2, -0.15) is 0 Å². The average molecular weight is 213 g/mol. The number of hydrogen-bond acceptors (Lipinski definition) is 4. The summed E-state index contributed by atoms with van der Waals surface area (Å²) >= 11 is 0. The topological polar surface area (TPSA) is 95.1 Å². The van der Waals surface area contributed by atoms with Gasteiger partial charge >= 0.3 is 80.1 Å². The zero-order chi connectivity index (χ0) is 10.4. The summed E-state index contributed by atoms with van der Waals surface area (Å²) in [5.74, 6) is 1.16. The first-order valence-electron chi connectivity index (χ1n) is 3.77. The molecule has 0 aliphatic rings. The van der Waals surface area contributed by atoms with E-state index in [9.17, 15) is 9.36 Å². The van der Waals surface area contributed by atoms with E-state index in [1.807, 2.05) is 0 Å². The van der Waals surface area contributed by atoms with E-state index in [0.29, 0.717) is 5.69 Å². The monoisotopic (exact) mass is 213 g/mol. The Morgan fingerprint density at radius 1 is 1.86 bits per heavy atom. The van der Waals surface area contributed by atoms with E-state index in [0.717, 1.165) is 0 Å². The molecule has 3 N–H and O–H groups in total. The van der Waals surface area contributed by atoms with Crippen LogP contribution in [0.1, 0.15) is 5.69 Å². The molecule has 0 aromatic carbocycles. The molecule has 7 heteroatoms. The number of aromatic amines is 1. The van der Waals surface area contributed by atoms with Crippen LogP contribution in [0.3, 0.4) is 0 Å². The summed E-state index contributed by atoms with van der Waals surface area (Å²) < 4.78 is 10.0. The molecule has 14 heavy (non-hydrogen) atoms. The maximum absolute atomic E-state index is 10.7. The van der Waals surface area contributed by atoms with Gasteiger partial charge in [-0.05, 0) is 0 Å². The quantitative estimate of drug-likeness (QED) is 0.490. The van der Waals surface area contributed by atoms with Crippen molar-refractivity contribution in [2.24, 2.45) is 0 Å². The number of aliphatic carboxylic acids is 1. The van der Waals surface area contributed by atoms with E-state index < -0.39 is 12.0 Å². The van der Waals surface area contributed by atoms with Gasteiger partial charge in [0.05, 0.1) is 0 Å². The molecular weight excluding hydrogens is 205 g/mol. The SMILES string of the molecule is O=P#CN[C@@H](Cc1cnc[nH]1)C(=O)O. The van der Waals surface area contributed by atoms with E-state index in [2.05, 4.69) is 21.0 Å². The second-order valence-electron chi connectivity index (χ2n) is 2.52. The fraction of sp³-hybridized carbons (Fsp3) is 0.286. The standard InChI is InChI=1S/C7H8N3O3P/c11-7(12)6(10-4-14-13)1-5-2-8-3-9-5/h2-3,6,10H,1H2,(H,8,9)(H,11,12)/t6-/m0/s1. The Hall–Kier alpha value is -1.35. The predicted octanol–water partition coefficient (Wildman–Crippen LogP) is 0.203. The summed E-state index contributed by atoms with van der Waals surface area (Å²) in [6.45, 7) is 0. The number of nitrogens with zero attached hydrogens (tertiary/aromatic N) is 1. The molecule has 1 aromatic heterocycles. The van der Waals surface area contributed by atoms with Crippen LogP contribution in [0, 0.1) is 5.75 Å². The van der Waals surface area contributed by atoms with Gasteiger partial charge in [-0.3, -0.25) is 0 Å². The Balaban J connectivity index is 2.63. The van der Waals surface area contributed by atoms with E-state index in [-0.39, 0.29) is 14.3 Å². The molecular formula is C7H8N3O3P. The summed E-state index contributed by atoms with van der Waals surface area (Å²) in [6.07, 6.45) is 3.23. The molecule has 0 bridgehead atoms. The van der Waals surface area contributed by atoms with Gasteiger partial charge < -0.3 is 0 Å². The van der Waals surface area contributed by atoms with E-state index in [4.69, 9.17) is 5.11 Å². The van der Waals surface area contributed by atoms with Crippen LogP contribution < -0.4 is 5.32 Å². The first kappa shape index (κ1) is 10.7. The summed E-state index contributed by atoms with van der Waals surface area (Å²) in [5.41, 5.74) is 0.689. The zero-order valence-corrected chi connectivity index (χ0v) is 7.99. The first-order valence-corrected chi connectivity index (χ1v) is 4.58. The summed E-state index contributed by atoms with van der Waals surface area (Å²) in [5, 5.41) is 11.1. The number of hydrogen-bond donors (Lipinski definition) is 3. The van der Waals surface area contributed by atoms with Crippen molar-refractivity contribution in [2.75, 3.05) is 0 Å². The number of carbonyl (C=O) groups is 1. The fourth-order valence-corrected chi connectivity index (χ4v) is 1.13. The second kappa shape index (κ2) is 5.40. The van der Waals surface area contributed by atoms with Gasteiger partial charge in [0.2, 0.25) is 0 Å². The van der Waals surface area contributed by atoms with Crippen molar-refractivity contribution in [3.8, 4) is 5.75 Å². The van der Waals surface area contributed by atoms with Crippen LogP contribution in [0.4, 0.5) is 0 Å². The van der Waals surface area contributed by atoms with Crippen molar-refractivity contribution in [2.45, 2.75) is 12.5 Å². The summed E-state index contributed by atoms with van der Waals surface area (Å²) in [6, 6.07) is -0.850. The van der Waals surface area contributed by atoms with Gasteiger partial charge in [0.25, 0.3) is 0 Å². The Bertz CT molecular complexity index is 397. The minimum absolute atomic E-state index is 0.234. The molecule has 0 spiro atoms. The number of imidazole rings is 1. The van der Waals surface area contributed by atoms with Gasteiger partial charge in [-0.15, -0.1) is 0 Å². The number of aromatic nitrogens is 2. The molecule has 1 rings (SSSR count). The molecule has 74 valence electrons. The van der Waals surface area contributed by atoms with Crippen LogP contribution in [0.2, 0.25) is 0 Å². The third-order valence-electron chi connectivity index (χ3n) is 1.56. The normalized spacial score (nSPS) is 11.7. The van der Waals surface area contributed by atoms with E-state index in [1.165, 1.54) is 12.5 Å². The first-order chi connectivity index (χ1) is 6.74. The fourth-order valence-electron chi connectivity index (χ4n) is 0.921. The molecule has 1 atom stereocenters. The Morgan fingerprint density at radius 3 is 3.14 bits per heavy atom. The molecule has 0 saturated heterocycles. The Morgan fingerprint density at radius 2 is 2.64 bits per heavy atom. The molecule has 0 saturated carbocycles. The van der Waals surface area contributed by atoms with Crippen LogP contribution in [0.15, 0.2) is 12.5 Å². The van der Waals surface area contributed by atoms with Gasteiger partial charge in [-0.25, -0.2) is 0 Å². The van der Waals surface area contributed by atoms with E-state index >= 15 is 0 Å². The average Bonchev–Trinajstić information content (AvgIpc) is 2.64. The second-order valence-corrected chi connectivity index (χ2v) is 2.93. The van der Waals surface area contributed by atoms with Crippen molar-refractivity contribution in [1.29, 1.82) is 0 Å². The molecule has 0 aliphatic heterocycles. The molecule has 0 amide bonds. The van der Waals surface area contributed by atoms with Gasteiger partial charge in [0.1, 0.15) is 0 Å². The zero-order valence-electron chi connectivity index (χ0n) is 7.10. The van der Waals surface area contributed by atoms with Crippen LogP contribution in [0.25, 0.3) is 0 Å². The minimum atomic E-state index is -1.03. The number of nitrogens with one attached hydrogen (secondary N) is 2. The summed E-state index contributed by atoms with van der Waals surface area (Å²) in [4.78, 5) is 17.2. The molecule has 0 aliphatic carbocycles. The van der Waals surface area contributed by atoms with Crippen LogP contribution in [0.5, 0.6) is 0 Å². The third kappa shape index (κ3) is 3.18. The van der Waals surface area contributed by atoms with Crippen LogP contribution in [-0.2, 0) is 15.8 Å². The molecule has 0 radical (unpaired) electrons. The molecule has 1 heterocycles. The van der Waals surface area contributed by atoms with Crippen molar-refractivity contribution in [3.05, 3.63) is 18.2 Å². The van der Waals surface area contributed by atoms with Gasteiger partial charge in [0, 0.05) is 0 Å². The van der Waals surface area contributed by atoms with Gasteiger partial charge in [-0.1, -0.05) is 0 Å².